The summed E-state index contributed by atoms with van der Waals surface area (Å²) >= 11 is 0. The zero-order chi connectivity index (χ0) is 50.4. The molecule has 3 aliphatic rings. The van der Waals surface area contributed by atoms with Crippen molar-refractivity contribution in [1.29, 1.82) is 0 Å². The number of ether oxygens (including phenoxy) is 1. The van der Waals surface area contributed by atoms with Crippen LogP contribution in [0.25, 0.3) is 22.5 Å². The Morgan fingerprint density at radius 3 is 1.72 bits per heavy atom. The molecule has 4 aromatic carbocycles. The highest BCUT2D eigenvalue weighted by molar-refractivity contribution is 5.64. The number of aryl methyl sites for hydroxylation is 2. The molecule has 3 saturated heterocycles. The van der Waals surface area contributed by atoms with Crippen LogP contribution in [0.15, 0.2) is 120 Å². The van der Waals surface area contributed by atoms with Crippen molar-refractivity contribution < 1.29 is 52.3 Å². The fourth-order valence-corrected chi connectivity index (χ4v) is 6.28. The second-order valence-corrected chi connectivity index (χ2v) is 15.3. The van der Waals surface area contributed by atoms with Gasteiger partial charge in [-0.2, -0.15) is 0 Å². The predicted octanol–water partition coefficient (Wildman–Crippen LogP) is 8.67. The lowest BCUT2D eigenvalue weighted by Gasteiger charge is -2.22. The number of nitrogens with one attached hydrogen (secondary N) is 5. The van der Waals surface area contributed by atoms with Gasteiger partial charge in [-0.15, -0.1) is 13.2 Å². The Labute approximate surface area is 399 Å². The molecule has 0 aliphatic carbocycles. The maximum Gasteiger partial charge on any atom is 0.573 e. The van der Waals surface area contributed by atoms with Crippen LogP contribution in [0.3, 0.4) is 0 Å². The van der Waals surface area contributed by atoms with Gasteiger partial charge in [0.25, 0.3) is 6.47 Å². The molecule has 17 heteroatoms. The Bertz CT molecular complexity index is 1950. The molecule has 2 atom stereocenters. The second-order valence-electron chi connectivity index (χ2n) is 15.3. The number of hydrogen-bond donors (Lipinski definition) is 9. The predicted molar refractivity (Wildman–Crippen MR) is 262 cm³/mol. The van der Waals surface area contributed by atoms with E-state index < -0.39 is 12.5 Å². The van der Waals surface area contributed by atoms with Crippen molar-refractivity contribution in [2.75, 3.05) is 52.9 Å². The van der Waals surface area contributed by atoms with Gasteiger partial charge in [-0.05, 0) is 120 Å². The van der Waals surface area contributed by atoms with E-state index in [-0.39, 0.29) is 31.0 Å². The van der Waals surface area contributed by atoms with Gasteiger partial charge >= 0.3 is 12.5 Å². The van der Waals surface area contributed by atoms with Gasteiger partial charge in [-0.25, -0.2) is 9.78 Å². The van der Waals surface area contributed by atoms with Crippen LogP contribution < -0.4 is 31.3 Å². The number of halogens is 3. The van der Waals surface area contributed by atoms with Crippen molar-refractivity contribution >= 4 is 12.6 Å². The number of alkyl halides is 3. The summed E-state index contributed by atoms with van der Waals surface area (Å²) in [5.74, 6) is 1.42. The molecule has 0 radical (unpaired) electrons. The topological polar surface area (TPSA) is 210 Å². The Hall–Kier alpha value is -5.82. The normalized spacial score (nSPS) is 15.7. The molecular formula is C51H73F3N6O8. The van der Waals surface area contributed by atoms with Crippen LogP contribution in [-0.4, -0.2) is 109 Å². The van der Waals surface area contributed by atoms with Crippen LogP contribution in [0, 0.1) is 19.8 Å². The molecular weight excluding hydrogens is 882 g/mol. The van der Waals surface area contributed by atoms with E-state index in [0.29, 0.717) is 5.56 Å². The van der Waals surface area contributed by atoms with Crippen LogP contribution in [0.2, 0.25) is 0 Å². The number of oxazole rings is 1. The standard InChI is InChI=1S/C13H12.C10H9NO.C9H8F3NO3.C8H18N2.2C4H9NO.C2H6.CH2O2/c1-11-7-9-13(10-8-11)12-5-3-2-4-6-12;1-8-2-4-9(5-3-8)10-6-11-7-12-10;10-9(11,12)16-7-3-1-2-6(4-7)5-13-8(14)15;1-9-5-2-8-3-6-10-7-4-8;2*6-4-1-2-5-3-4;1-2;2-1-3/h2-10H,1H3;2-7H,1H3;1-4,13H,5H2,(H,14,15);8-10H,2-7H2,1H3;2*4-6H,1-3H2;1-2H3;1H,(H,2,3). The molecule has 5 aromatic rings. The van der Waals surface area contributed by atoms with Gasteiger partial charge in [-0.3, -0.25) is 4.79 Å². The molecule has 376 valence electrons. The summed E-state index contributed by atoms with van der Waals surface area (Å²) < 4.78 is 44.4. The van der Waals surface area contributed by atoms with Gasteiger partial charge in [0.05, 0.1) is 18.4 Å². The minimum Gasteiger partial charge on any atom is -0.483 e. The first-order chi connectivity index (χ1) is 32.7. The quantitative estimate of drug-likeness (QED) is 0.0668. The molecule has 9 N–H and O–H groups in total. The largest absolute Gasteiger partial charge is 0.573 e. The maximum absolute atomic E-state index is 11.9. The number of hydrogen-bond acceptors (Lipinski definition) is 11. The average molecular weight is 955 g/mol. The molecule has 3 aliphatic heterocycles. The SMILES string of the molecule is CC.CNCCC1CCNCC1.Cc1ccc(-c2ccccc2)cc1.Cc1ccc(-c2cnco2)cc1.O=C(O)NCc1cccc(OC(F)(F)F)c1.O=CO.OC1CCNC1.OC1CCNC1. The van der Waals surface area contributed by atoms with E-state index in [9.17, 15) is 18.0 Å². The van der Waals surface area contributed by atoms with E-state index in [0.717, 1.165) is 68.4 Å². The van der Waals surface area contributed by atoms with E-state index in [1.807, 2.05) is 44.4 Å². The first-order valence-electron chi connectivity index (χ1n) is 22.8. The highest BCUT2D eigenvalue weighted by atomic mass is 19.4. The van der Waals surface area contributed by atoms with Gasteiger partial charge < -0.3 is 56.2 Å². The number of β-amino-alcohol motifs (C(OH)–C–C–N with tert-alkyl or cyclic N) is 2. The van der Waals surface area contributed by atoms with Gasteiger partial charge in [0, 0.05) is 25.2 Å². The number of benzene rings is 4. The molecule has 4 heterocycles. The third kappa shape index (κ3) is 30.5. The molecule has 0 saturated carbocycles. The molecule has 0 spiro atoms. The number of carbonyl (C=O) groups is 2. The first kappa shape index (κ1) is 60.2. The number of aliphatic hydroxyl groups is 2. The van der Waals surface area contributed by atoms with Crippen molar-refractivity contribution in [1.82, 2.24) is 31.6 Å². The highest BCUT2D eigenvalue weighted by Gasteiger charge is 2.31. The first-order valence-corrected chi connectivity index (χ1v) is 22.8. The van der Waals surface area contributed by atoms with Crippen molar-refractivity contribution in [2.24, 2.45) is 5.92 Å². The highest BCUT2D eigenvalue weighted by Crippen LogP contribution is 2.23. The summed E-state index contributed by atoms with van der Waals surface area (Å²) in [6.45, 7) is 15.0. The van der Waals surface area contributed by atoms with E-state index in [1.54, 1.807) is 6.20 Å². The number of amides is 1. The van der Waals surface area contributed by atoms with E-state index in [1.165, 1.54) is 79.7 Å². The van der Waals surface area contributed by atoms with Crippen molar-refractivity contribution in [3.8, 4) is 28.2 Å². The second kappa shape index (κ2) is 37.2. The van der Waals surface area contributed by atoms with Crippen LogP contribution >= 0.6 is 0 Å². The molecule has 68 heavy (non-hydrogen) atoms. The molecule has 0 bridgehead atoms. The summed E-state index contributed by atoms with van der Waals surface area (Å²) in [5, 5.41) is 47.2. The zero-order valence-corrected chi connectivity index (χ0v) is 40.0. The van der Waals surface area contributed by atoms with E-state index in [4.69, 9.17) is 29.6 Å². The van der Waals surface area contributed by atoms with Crippen molar-refractivity contribution in [3.05, 3.63) is 132 Å². The monoisotopic (exact) mass is 955 g/mol. The third-order valence-corrected chi connectivity index (χ3v) is 9.83. The van der Waals surface area contributed by atoms with Crippen molar-refractivity contribution in [3.63, 3.8) is 0 Å². The third-order valence-electron chi connectivity index (χ3n) is 9.83. The fourth-order valence-electron chi connectivity index (χ4n) is 6.28. The van der Waals surface area contributed by atoms with Crippen LogP contribution in [0.1, 0.15) is 62.6 Å². The zero-order valence-electron chi connectivity index (χ0n) is 40.0. The molecule has 14 nitrogen and oxygen atoms in total. The molecule has 1 amide bonds. The van der Waals surface area contributed by atoms with Crippen LogP contribution in [-0.2, 0) is 11.3 Å². The maximum atomic E-state index is 11.9. The summed E-state index contributed by atoms with van der Waals surface area (Å²) in [5.41, 5.74) is 6.56. The summed E-state index contributed by atoms with van der Waals surface area (Å²) in [6, 6.07) is 32.3. The summed E-state index contributed by atoms with van der Waals surface area (Å²) in [4.78, 5) is 22.4. The fraction of sp³-hybridized carbons (Fsp3) is 0.431. The summed E-state index contributed by atoms with van der Waals surface area (Å²) in [7, 11) is 2.03. The lowest BCUT2D eigenvalue weighted by Crippen LogP contribution is -2.29. The molecule has 1 aromatic heterocycles. The molecule has 2 unspecified atom stereocenters. The van der Waals surface area contributed by atoms with Crippen molar-refractivity contribution in [2.45, 2.75) is 84.9 Å². The van der Waals surface area contributed by atoms with Gasteiger partial charge in [0.15, 0.2) is 12.2 Å². The minimum atomic E-state index is -4.75. The van der Waals surface area contributed by atoms with Gasteiger partial charge in [0.1, 0.15) is 5.75 Å². The van der Waals surface area contributed by atoms with Gasteiger partial charge in [-0.1, -0.05) is 116 Å². The van der Waals surface area contributed by atoms with Gasteiger partial charge in [0.2, 0.25) is 0 Å². The smallest absolute Gasteiger partial charge is 0.483 e. The molecule has 3 fully saturated rings. The Morgan fingerprint density at radius 2 is 1.29 bits per heavy atom. The van der Waals surface area contributed by atoms with Crippen LogP contribution in [0.4, 0.5) is 18.0 Å². The number of rotatable bonds is 8. The lowest BCUT2D eigenvalue weighted by molar-refractivity contribution is -0.274. The number of aromatic nitrogens is 1. The Kier molecular flexibility index (Phi) is 32.9. The number of aliphatic hydroxyl groups excluding tert-OH is 2. The summed E-state index contributed by atoms with van der Waals surface area (Å²) in [6.07, 6.45) is 3.00. The van der Waals surface area contributed by atoms with Crippen LogP contribution in [0.5, 0.6) is 5.75 Å². The Balaban J connectivity index is 0.000000410. The minimum absolute atomic E-state index is 0.0648. The number of carboxylic acid groups (broad SMARTS) is 2. The Morgan fingerprint density at radius 1 is 0.779 bits per heavy atom. The number of piperidine rings is 1. The average Bonchev–Trinajstić information content (AvgIpc) is 4.17. The molecule has 8 rings (SSSR count). The lowest BCUT2D eigenvalue weighted by atomic mass is 9.95. The van der Waals surface area contributed by atoms with E-state index in [2.05, 4.69) is 105 Å². The van der Waals surface area contributed by atoms with E-state index >= 15 is 0 Å². The number of nitrogens with zero attached hydrogens (tertiary/aromatic N) is 1.